The average Bonchev–Trinajstić information content (AvgIpc) is 3.08. The summed E-state index contributed by atoms with van der Waals surface area (Å²) in [6.45, 7) is 4.34. The number of nitrogens with two attached hydrogens (primary N) is 1. The SMILES string of the molecule is CC1Cc2cc(S(N)(=O)=O)ccc2N1C(=O)CN1CCN(C(=O)c2ccc(O)cc2)CC1. The van der Waals surface area contributed by atoms with E-state index in [2.05, 4.69) is 0 Å². The molecule has 0 aromatic heterocycles. The first-order valence-electron chi connectivity index (χ1n) is 10.4. The van der Waals surface area contributed by atoms with Crippen molar-refractivity contribution in [3.63, 3.8) is 0 Å². The third-order valence-electron chi connectivity index (χ3n) is 6.00. The number of benzene rings is 2. The third kappa shape index (κ3) is 4.47. The molecule has 1 fully saturated rings. The number of phenolic OH excluding ortho intramolecular Hbond substituents is 1. The summed E-state index contributed by atoms with van der Waals surface area (Å²) in [5.41, 5.74) is 2.03. The van der Waals surface area contributed by atoms with Crippen LogP contribution >= 0.6 is 0 Å². The highest BCUT2D eigenvalue weighted by molar-refractivity contribution is 7.89. The van der Waals surface area contributed by atoms with Gasteiger partial charge in [0.15, 0.2) is 0 Å². The van der Waals surface area contributed by atoms with Crippen LogP contribution in [0.3, 0.4) is 0 Å². The van der Waals surface area contributed by atoms with Gasteiger partial charge in [-0.25, -0.2) is 13.6 Å². The van der Waals surface area contributed by atoms with Crippen molar-refractivity contribution in [2.75, 3.05) is 37.6 Å². The van der Waals surface area contributed by atoms with Gasteiger partial charge < -0.3 is 14.9 Å². The number of anilines is 1. The molecule has 0 radical (unpaired) electrons. The molecule has 0 saturated carbocycles. The summed E-state index contributed by atoms with van der Waals surface area (Å²) in [7, 11) is -3.79. The molecule has 1 saturated heterocycles. The summed E-state index contributed by atoms with van der Waals surface area (Å²) in [6.07, 6.45) is 0.569. The Morgan fingerprint density at radius 3 is 2.34 bits per heavy atom. The number of fused-ring (bicyclic) bond motifs is 1. The van der Waals surface area contributed by atoms with Gasteiger partial charge in [0.2, 0.25) is 15.9 Å². The molecule has 32 heavy (non-hydrogen) atoms. The summed E-state index contributed by atoms with van der Waals surface area (Å²) in [6, 6.07) is 10.7. The second-order valence-corrected chi connectivity index (χ2v) is 9.83. The first-order chi connectivity index (χ1) is 15.1. The number of amides is 2. The van der Waals surface area contributed by atoms with Gasteiger partial charge in [0, 0.05) is 43.5 Å². The van der Waals surface area contributed by atoms with Gasteiger partial charge in [0.25, 0.3) is 5.91 Å². The molecule has 2 aliphatic rings. The minimum absolute atomic E-state index is 0.0483. The van der Waals surface area contributed by atoms with Crippen LogP contribution in [0.15, 0.2) is 47.4 Å². The first-order valence-corrected chi connectivity index (χ1v) is 12.0. The smallest absolute Gasteiger partial charge is 0.253 e. The molecular weight excluding hydrogens is 432 g/mol. The van der Waals surface area contributed by atoms with Crippen LogP contribution in [-0.4, -0.2) is 73.9 Å². The molecule has 0 bridgehead atoms. The Hall–Kier alpha value is -2.95. The number of carbonyl (C=O) groups is 2. The lowest BCUT2D eigenvalue weighted by Gasteiger charge is -2.35. The van der Waals surface area contributed by atoms with E-state index in [0.29, 0.717) is 38.2 Å². The molecule has 1 atom stereocenters. The number of piperazine rings is 1. The standard InChI is InChI=1S/C22H26N4O5S/c1-15-12-17-13-19(32(23,30)31)6-7-20(17)26(15)21(28)14-24-8-10-25(11-9-24)22(29)16-2-4-18(27)5-3-16/h2-7,13,15,27H,8-12,14H2,1H3,(H2,23,30,31). The quantitative estimate of drug-likeness (QED) is 0.698. The van der Waals surface area contributed by atoms with Crippen LogP contribution in [0.2, 0.25) is 0 Å². The number of hydrogen-bond acceptors (Lipinski definition) is 6. The number of carbonyl (C=O) groups excluding carboxylic acids is 2. The lowest BCUT2D eigenvalue weighted by molar-refractivity contribution is -0.120. The van der Waals surface area contributed by atoms with E-state index in [1.807, 2.05) is 11.8 Å². The molecule has 2 aliphatic heterocycles. The van der Waals surface area contributed by atoms with Crippen molar-refractivity contribution in [2.24, 2.45) is 5.14 Å². The molecule has 3 N–H and O–H groups in total. The maximum absolute atomic E-state index is 13.1. The van der Waals surface area contributed by atoms with Gasteiger partial charge in [-0.1, -0.05) is 0 Å². The lowest BCUT2D eigenvalue weighted by Crippen LogP contribution is -2.52. The zero-order valence-corrected chi connectivity index (χ0v) is 18.6. The van der Waals surface area contributed by atoms with Gasteiger partial charge >= 0.3 is 0 Å². The van der Waals surface area contributed by atoms with Crippen molar-refractivity contribution in [3.8, 4) is 5.75 Å². The van der Waals surface area contributed by atoms with Crippen molar-refractivity contribution < 1.29 is 23.1 Å². The van der Waals surface area contributed by atoms with Gasteiger partial charge in [0.05, 0.1) is 11.4 Å². The normalized spacial score (nSPS) is 19.1. The molecule has 2 aromatic carbocycles. The van der Waals surface area contributed by atoms with E-state index in [1.54, 1.807) is 34.1 Å². The van der Waals surface area contributed by atoms with Gasteiger partial charge in [-0.05, 0) is 61.4 Å². The molecular formula is C22H26N4O5S. The average molecular weight is 459 g/mol. The highest BCUT2D eigenvalue weighted by atomic mass is 32.2. The Balaban J connectivity index is 1.37. The molecule has 2 amide bonds. The number of hydrogen-bond donors (Lipinski definition) is 2. The first kappa shape index (κ1) is 22.3. The Morgan fingerprint density at radius 1 is 1.06 bits per heavy atom. The molecule has 0 spiro atoms. The number of rotatable bonds is 4. The molecule has 9 nitrogen and oxygen atoms in total. The molecule has 10 heteroatoms. The summed E-state index contributed by atoms with van der Waals surface area (Å²) in [5.74, 6) is -0.0369. The van der Waals surface area contributed by atoms with Crippen LogP contribution in [0.5, 0.6) is 5.75 Å². The topological polar surface area (TPSA) is 124 Å². The predicted octanol–water partition coefficient (Wildman–Crippen LogP) is 0.775. The Kier molecular flexibility index (Phi) is 5.93. The van der Waals surface area contributed by atoms with E-state index < -0.39 is 10.0 Å². The number of primary sulfonamides is 1. The van der Waals surface area contributed by atoms with Crippen LogP contribution in [0.1, 0.15) is 22.8 Å². The molecule has 0 aliphatic carbocycles. The number of aromatic hydroxyl groups is 1. The van der Waals surface area contributed by atoms with Crippen molar-refractivity contribution >= 4 is 27.5 Å². The molecule has 2 aromatic rings. The fourth-order valence-electron chi connectivity index (χ4n) is 4.33. The van der Waals surface area contributed by atoms with E-state index in [0.717, 1.165) is 11.3 Å². The van der Waals surface area contributed by atoms with Crippen molar-refractivity contribution in [3.05, 3.63) is 53.6 Å². The van der Waals surface area contributed by atoms with Crippen LogP contribution in [-0.2, 0) is 21.2 Å². The maximum atomic E-state index is 13.1. The molecule has 4 rings (SSSR count). The van der Waals surface area contributed by atoms with Gasteiger partial charge in [-0.15, -0.1) is 0 Å². The minimum Gasteiger partial charge on any atom is -0.508 e. The second kappa shape index (κ2) is 8.53. The van der Waals surface area contributed by atoms with Crippen molar-refractivity contribution in [1.29, 1.82) is 0 Å². The highest BCUT2D eigenvalue weighted by Crippen LogP contribution is 2.34. The fourth-order valence-corrected chi connectivity index (χ4v) is 4.89. The molecule has 2 heterocycles. The van der Waals surface area contributed by atoms with E-state index in [9.17, 15) is 23.1 Å². The van der Waals surface area contributed by atoms with Gasteiger partial charge in [-0.2, -0.15) is 0 Å². The van der Waals surface area contributed by atoms with Crippen LogP contribution in [0, 0.1) is 0 Å². The number of nitrogens with zero attached hydrogens (tertiary/aromatic N) is 3. The second-order valence-electron chi connectivity index (χ2n) is 8.27. The molecule has 1 unspecified atom stereocenters. The Bertz CT molecular complexity index is 1140. The molecule has 170 valence electrons. The van der Waals surface area contributed by atoms with Gasteiger partial charge in [0.1, 0.15) is 5.75 Å². The summed E-state index contributed by atoms with van der Waals surface area (Å²) < 4.78 is 23.2. The van der Waals surface area contributed by atoms with E-state index in [4.69, 9.17) is 5.14 Å². The third-order valence-corrected chi connectivity index (χ3v) is 6.91. The Labute approximate surface area is 187 Å². The Morgan fingerprint density at radius 2 is 1.72 bits per heavy atom. The van der Waals surface area contributed by atoms with Gasteiger partial charge in [-0.3, -0.25) is 14.5 Å². The van der Waals surface area contributed by atoms with Crippen molar-refractivity contribution in [1.82, 2.24) is 9.80 Å². The van der Waals surface area contributed by atoms with Crippen LogP contribution in [0.25, 0.3) is 0 Å². The van der Waals surface area contributed by atoms with E-state index in [1.165, 1.54) is 18.2 Å². The number of sulfonamides is 1. The zero-order chi connectivity index (χ0) is 23.0. The minimum atomic E-state index is -3.79. The largest absolute Gasteiger partial charge is 0.508 e. The maximum Gasteiger partial charge on any atom is 0.253 e. The zero-order valence-electron chi connectivity index (χ0n) is 17.8. The van der Waals surface area contributed by atoms with Crippen LogP contribution in [0.4, 0.5) is 5.69 Å². The van der Waals surface area contributed by atoms with Crippen molar-refractivity contribution in [2.45, 2.75) is 24.3 Å². The number of phenols is 1. The predicted molar refractivity (Wildman–Crippen MR) is 119 cm³/mol. The summed E-state index contributed by atoms with van der Waals surface area (Å²) >= 11 is 0. The van der Waals surface area contributed by atoms with E-state index >= 15 is 0 Å². The summed E-state index contributed by atoms with van der Waals surface area (Å²) in [4.78, 5) is 31.2. The van der Waals surface area contributed by atoms with E-state index in [-0.39, 0.29) is 35.0 Å². The van der Waals surface area contributed by atoms with Crippen LogP contribution < -0.4 is 10.0 Å². The fraction of sp³-hybridized carbons (Fsp3) is 0.364. The summed E-state index contributed by atoms with van der Waals surface area (Å²) in [5, 5.41) is 14.6. The lowest BCUT2D eigenvalue weighted by atomic mass is 10.1. The highest BCUT2D eigenvalue weighted by Gasteiger charge is 2.33. The monoisotopic (exact) mass is 458 g/mol.